The summed E-state index contributed by atoms with van der Waals surface area (Å²) in [7, 11) is -1.88. The van der Waals surface area contributed by atoms with E-state index in [9.17, 15) is 4.79 Å². The second kappa shape index (κ2) is 7.23. The third-order valence-electron chi connectivity index (χ3n) is 6.85. The molecule has 2 heterocycles. The average molecular weight is 401 g/mol. The van der Waals surface area contributed by atoms with E-state index in [2.05, 4.69) is 54.8 Å². The summed E-state index contributed by atoms with van der Waals surface area (Å²) in [6.45, 7) is 14.6. The van der Waals surface area contributed by atoms with Crippen molar-refractivity contribution in [1.29, 1.82) is 5.26 Å². The molecule has 2 fully saturated rings. The van der Waals surface area contributed by atoms with Crippen LogP contribution in [-0.2, 0) is 9.22 Å². The molecule has 0 aromatic carbocycles. The molecule has 0 radical (unpaired) electrons. The summed E-state index contributed by atoms with van der Waals surface area (Å²) in [4.78, 5) is 23.9. The lowest BCUT2D eigenvalue weighted by Crippen LogP contribution is -2.45. The summed E-state index contributed by atoms with van der Waals surface area (Å²) in [6.07, 6.45) is 3.06. The minimum atomic E-state index is -1.88. The predicted octanol–water partition coefficient (Wildman–Crippen LogP) is 4.00. The molecule has 1 aromatic heterocycles. The van der Waals surface area contributed by atoms with Crippen molar-refractivity contribution in [3.8, 4) is 6.07 Å². The van der Waals surface area contributed by atoms with E-state index in [1.807, 2.05) is 6.92 Å². The predicted molar refractivity (Wildman–Crippen MR) is 112 cm³/mol. The van der Waals surface area contributed by atoms with Crippen molar-refractivity contribution in [2.24, 2.45) is 5.41 Å². The molecule has 1 aliphatic heterocycles. The van der Waals surface area contributed by atoms with Crippen LogP contribution in [0.25, 0.3) is 0 Å². The van der Waals surface area contributed by atoms with Gasteiger partial charge in [0, 0.05) is 30.6 Å². The number of ketones is 1. The van der Waals surface area contributed by atoms with Crippen LogP contribution in [0.2, 0.25) is 18.1 Å². The van der Waals surface area contributed by atoms with Crippen molar-refractivity contribution in [3.05, 3.63) is 17.5 Å². The van der Waals surface area contributed by atoms with Crippen molar-refractivity contribution < 1.29 is 9.22 Å². The Bertz CT molecular complexity index is 802. The first-order valence-electron chi connectivity index (χ1n) is 10.2. The van der Waals surface area contributed by atoms with Gasteiger partial charge in [0.2, 0.25) is 5.95 Å². The fourth-order valence-electron chi connectivity index (χ4n) is 4.09. The molecule has 1 aliphatic carbocycles. The number of Topliss-reactive ketones (excluding diaryl/α,β-unsaturated/α-hetero) is 1. The van der Waals surface area contributed by atoms with E-state index in [-0.39, 0.29) is 16.6 Å². The van der Waals surface area contributed by atoms with Crippen molar-refractivity contribution in [2.75, 3.05) is 18.0 Å². The summed E-state index contributed by atoms with van der Waals surface area (Å²) < 4.78 is 6.56. The Morgan fingerprint density at radius 1 is 1.29 bits per heavy atom. The van der Waals surface area contributed by atoms with Gasteiger partial charge in [0.15, 0.2) is 8.32 Å². The van der Waals surface area contributed by atoms with E-state index in [0.717, 1.165) is 38.0 Å². The minimum Gasteiger partial charge on any atom is -0.413 e. The van der Waals surface area contributed by atoms with Gasteiger partial charge >= 0.3 is 0 Å². The lowest BCUT2D eigenvalue weighted by atomic mass is 9.76. The van der Waals surface area contributed by atoms with Crippen molar-refractivity contribution in [1.82, 2.24) is 9.97 Å². The van der Waals surface area contributed by atoms with Gasteiger partial charge < -0.3 is 9.33 Å². The maximum atomic E-state index is 12.9. The Hall–Kier alpha value is -1.78. The molecule has 1 atom stereocenters. The average Bonchev–Trinajstić information content (AvgIpc) is 2.88. The monoisotopic (exact) mass is 400 g/mol. The first kappa shape index (κ1) is 20.9. The second-order valence-electron chi connectivity index (χ2n) is 9.91. The van der Waals surface area contributed by atoms with E-state index in [4.69, 9.17) is 9.69 Å². The van der Waals surface area contributed by atoms with Gasteiger partial charge in [-0.15, -0.1) is 0 Å². The fourth-order valence-corrected chi connectivity index (χ4v) is 5.44. The molecular weight excluding hydrogens is 368 g/mol. The number of hydrogen-bond acceptors (Lipinski definition) is 6. The Morgan fingerprint density at radius 3 is 2.50 bits per heavy atom. The van der Waals surface area contributed by atoms with Crippen molar-refractivity contribution in [3.63, 3.8) is 0 Å². The Labute approximate surface area is 169 Å². The van der Waals surface area contributed by atoms with Crippen LogP contribution in [0.1, 0.15) is 57.8 Å². The van der Waals surface area contributed by atoms with Crippen molar-refractivity contribution >= 4 is 20.0 Å². The van der Waals surface area contributed by atoms with Crippen LogP contribution in [0.4, 0.5) is 5.95 Å². The van der Waals surface area contributed by atoms with Crippen LogP contribution in [0, 0.1) is 23.7 Å². The van der Waals surface area contributed by atoms with E-state index >= 15 is 0 Å². The standard InChI is InChI=1S/C21H32N4O2Si/c1-15-11-16(14-22)24-19(23-15)25-9-7-21(8-10-25)13-17(12-18(21)26)27-28(5,6)20(2,3)4/h11,17H,7-10,12-13H2,1-6H3. The number of carbonyl (C=O) groups excluding carboxylic acids is 1. The van der Waals surface area contributed by atoms with Gasteiger partial charge in [-0.2, -0.15) is 5.26 Å². The van der Waals surface area contributed by atoms with Gasteiger partial charge in [-0.1, -0.05) is 20.8 Å². The number of nitriles is 1. The topological polar surface area (TPSA) is 79.1 Å². The lowest BCUT2D eigenvalue weighted by Gasteiger charge is -2.40. The highest BCUT2D eigenvalue weighted by molar-refractivity contribution is 6.74. The van der Waals surface area contributed by atoms with Crippen LogP contribution in [0.5, 0.6) is 0 Å². The van der Waals surface area contributed by atoms with Gasteiger partial charge in [-0.05, 0) is 50.4 Å². The van der Waals surface area contributed by atoms with Gasteiger partial charge in [-0.3, -0.25) is 4.79 Å². The van der Waals surface area contributed by atoms with Crippen LogP contribution < -0.4 is 4.90 Å². The highest BCUT2D eigenvalue weighted by atomic mass is 28.4. The molecule has 6 nitrogen and oxygen atoms in total. The molecule has 0 N–H and O–H groups in total. The summed E-state index contributed by atoms with van der Waals surface area (Å²) >= 11 is 0. The lowest BCUT2D eigenvalue weighted by molar-refractivity contribution is -0.126. The third kappa shape index (κ3) is 3.99. The van der Waals surface area contributed by atoms with Crippen LogP contribution in [-0.4, -0.2) is 43.3 Å². The summed E-state index contributed by atoms with van der Waals surface area (Å²) in [5, 5.41) is 9.30. The van der Waals surface area contributed by atoms with E-state index < -0.39 is 8.32 Å². The molecule has 1 spiro atoms. The Kier molecular flexibility index (Phi) is 5.41. The first-order valence-corrected chi connectivity index (χ1v) is 13.1. The largest absolute Gasteiger partial charge is 0.413 e. The highest BCUT2D eigenvalue weighted by Gasteiger charge is 2.51. The molecule has 2 aliphatic rings. The molecule has 152 valence electrons. The molecular formula is C21H32N4O2Si. The Balaban J connectivity index is 1.68. The molecule has 1 saturated heterocycles. The summed E-state index contributed by atoms with van der Waals surface area (Å²) in [6, 6.07) is 3.79. The van der Waals surface area contributed by atoms with Gasteiger partial charge in [0.1, 0.15) is 17.5 Å². The Morgan fingerprint density at radius 2 is 1.93 bits per heavy atom. The smallest absolute Gasteiger partial charge is 0.226 e. The van der Waals surface area contributed by atoms with Gasteiger partial charge in [-0.25, -0.2) is 9.97 Å². The van der Waals surface area contributed by atoms with Gasteiger partial charge in [0.05, 0.1) is 6.10 Å². The van der Waals surface area contributed by atoms with Crippen molar-refractivity contribution in [2.45, 2.75) is 77.6 Å². The number of piperidine rings is 1. The molecule has 3 rings (SSSR count). The number of anilines is 1. The van der Waals surface area contributed by atoms with Gasteiger partial charge in [0.25, 0.3) is 0 Å². The fraction of sp³-hybridized carbons (Fsp3) is 0.714. The number of hydrogen-bond donors (Lipinski definition) is 0. The zero-order valence-electron chi connectivity index (χ0n) is 18.0. The van der Waals surface area contributed by atoms with E-state index in [1.54, 1.807) is 6.07 Å². The highest BCUT2D eigenvalue weighted by Crippen LogP contribution is 2.47. The summed E-state index contributed by atoms with van der Waals surface area (Å²) in [5.74, 6) is 0.963. The van der Waals surface area contributed by atoms with E-state index in [1.165, 1.54) is 0 Å². The zero-order valence-corrected chi connectivity index (χ0v) is 19.0. The number of rotatable bonds is 3. The quantitative estimate of drug-likeness (QED) is 0.714. The summed E-state index contributed by atoms with van der Waals surface area (Å²) in [5.41, 5.74) is 0.926. The van der Waals surface area contributed by atoms with Crippen LogP contribution >= 0.6 is 0 Å². The maximum absolute atomic E-state index is 12.9. The molecule has 28 heavy (non-hydrogen) atoms. The molecule has 1 aromatic rings. The number of nitrogens with zero attached hydrogens (tertiary/aromatic N) is 4. The first-order chi connectivity index (χ1) is 13.0. The number of aromatic nitrogens is 2. The molecule has 1 saturated carbocycles. The third-order valence-corrected chi connectivity index (χ3v) is 11.4. The SMILES string of the molecule is Cc1cc(C#N)nc(N2CCC3(CC2)CC(O[Si](C)(C)C(C)(C)C)CC3=O)n1. The number of carbonyl (C=O) groups is 1. The zero-order chi connectivity index (χ0) is 20.7. The molecule has 7 heteroatoms. The normalized spacial score (nSPS) is 22.5. The molecule has 0 amide bonds. The molecule has 0 bridgehead atoms. The second-order valence-corrected chi connectivity index (χ2v) is 14.7. The van der Waals surface area contributed by atoms with Crippen LogP contribution in [0.15, 0.2) is 6.07 Å². The molecule has 1 unspecified atom stereocenters. The maximum Gasteiger partial charge on any atom is 0.226 e. The van der Waals surface area contributed by atoms with E-state index in [0.29, 0.717) is 23.8 Å². The minimum absolute atomic E-state index is 0.0559. The number of aryl methyl sites for hydroxylation is 1. The van der Waals surface area contributed by atoms with Crippen LogP contribution in [0.3, 0.4) is 0 Å².